The Hall–Kier alpha value is -0.410. The van der Waals surface area contributed by atoms with Crippen molar-refractivity contribution in [2.75, 3.05) is 0 Å². The molecule has 0 radical (unpaired) electrons. The lowest BCUT2D eigenvalue weighted by Crippen LogP contribution is -2.11. The van der Waals surface area contributed by atoms with E-state index in [1.165, 1.54) is 12.1 Å². The van der Waals surface area contributed by atoms with Gasteiger partial charge in [0.1, 0.15) is 5.82 Å². The first-order valence-electron chi connectivity index (χ1n) is 4.85. The minimum atomic E-state index is -0.227. The highest BCUT2D eigenvalue weighted by Crippen LogP contribution is 2.25. The Kier molecular flexibility index (Phi) is 4.55. The molecule has 1 rings (SSSR count). The summed E-state index contributed by atoms with van der Waals surface area (Å²) in [5.74, 6) is -0.227. The van der Waals surface area contributed by atoms with E-state index in [9.17, 15) is 4.39 Å². The number of hydrogen-bond donors (Lipinski definition) is 1. The van der Waals surface area contributed by atoms with Crippen molar-refractivity contribution >= 4 is 15.9 Å². The Morgan fingerprint density at radius 2 is 2.21 bits per heavy atom. The molecule has 0 saturated carbocycles. The third-order valence-corrected chi connectivity index (χ3v) is 2.95. The molecule has 14 heavy (non-hydrogen) atoms. The average molecular weight is 260 g/mol. The van der Waals surface area contributed by atoms with E-state index in [2.05, 4.69) is 22.9 Å². The number of halogens is 2. The van der Waals surface area contributed by atoms with Crippen LogP contribution in [0.5, 0.6) is 0 Å². The molecule has 0 aliphatic heterocycles. The Labute approximate surface area is 92.6 Å². The van der Waals surface area contributed by atoms with Crippen molar-refractivity contribution in [3.05, 3.63) is 34.1 Å². The van der Waals surface area contributed by atoms with Crippen molar-refractivity contribution in [3.8, 4) is 0 Å². The molecule has 0 spiro atoms. The van der Waals surface area contributed by atoms with Crippen LogP contribution in [0, 0.1) is 5.82 Å². The third kappa shape index (κ3) is 3.07. The molecule has 1 atom stereocenters. The number of nitrogens with two attached hydrogens (primary N) is 1. The molecule has 1 aromatic carbocycles. The molecule has 0 aliphatic rings. The Bertz CT molecular complexity index is 301. The van der Waals surface area contributed by atoms with Gasteiger partial charge >= 0.3 is 0 Å². The smallest absolute Gasteiger partial charge is 0.123 e. The van der Waals surface area contributed by atoms with Crippen LogP contribution in [0.1, 0.15) is 37.8 Å². The van der Waals surface area contributed by atoms with Gasteiger partial charge in [-0.15, -0.1) is 0 Å². The summed E-state index contributed by atoms with van der Waals surface area (Å²) in [6.07, 6.45) is 3.09. The normalized spacial score (nSPS) is 12.9. The summed E-state index contributed by atoms with van der Waals surface area (Å²) in [6, 6.07) is 4.57. The molecule has 0 saturated heterocycles. The lowest BCUT2D eigenvalue weighted by molar-refractivity contribution is 0.586. The predicted octanol–water partition coefficient (Wildman–Crippen LogP) is 3.78. The highest BCUT2D eigenvalue weighted by Gasteiger charge is 2.09. The zero-order valence-corrected chi connectivity index (χ0v) is 9.85. The van der Waals surface area contributed by atoms with E-state index in [-0.39, 0.29) is 11.9 Å². The molecule has 3 heteroatoms. The average Bonchev–Trinajstić information content (AvgIpc) is 2.18. The molecular formula is C11H15BrFN. The Morgan fingerprint density at radius 3 is 2.86 bits per heavy atom. The van der Waals surface area contributed by atoms with Crippen LogP contribution in [0.15, 0.2) is 22.7 Å². The molecule has 0 bridgehead atoms. The maximum absolute atomic E-state index is 13.0. The van der Waals surface area contributed by atoms with Crippen LogP contribution in [0.4, 0.5) is 4.39 Å². The fourth-order valence-electron chi connectivity index (χ4n) is 1.38. The molecule has 78 valence electrons. The van der Waals surface area contributed by atoms with Gasteiger partial charge in [-0.3, -0.25) is 0 Å². The number of benzene rings is 1. The van der Waals surface area contributed by atoms with Crippen LogP contribution in [-0.4, -0.2) is 0 Å². The van der Waals surface area contributed by atoms with E-state index >= 15 is 0 Å². The highest BCUT2D eigenvalue weighted by atomic mass is 79.9. The Morgan fingerprint density at radius 1 is 1.50 bits per heavy atom. The lowest BCUT2D eigenvalue weighted by Gasteiger charge is -2.13. The number of rotatable bonds is 4. The van der Waals surface area contributed by atoms with E-state index in [4.69, 9.17) is 5.73 Å². The summed E-state index contributed by atoms with van der Waals surface area (Å²) in [5.41, 5.74) is 6.81. The summed E-state index contributed by atoms with van der Waals surface area (Å²) in [7, 11) is 0. The van der Waals surface area contributed by atoms with Gasteiger partial charge in [-0.25, -0.2) is 4.39 Å². The maximum Gasteiger partial charge on any atom is 0.123 e. The molecule has 0 amide bonds. The van der Waals surface area contributed by atoms with Crippen molar-refractivity contribution in [3.63, 3.8) is 0 Å². The maximum atomic E-state index is 13.0. The van der Waals surface area contributed by atoms with E-state index in [0.29, 0.717) is 0 Å². The minimum Gasteiger partial charge on any atom is -0.324 e. The van der Waals surface area contributed by atoms with Crippen LogP contribution < -0.4 is 5.73 Å². The van der Waals surface area contributed by atoms with Crippen LogP contribution in [0.3, 0.4) is 0 Å². The second-order valence-corrected chi connectivity index (χ2v) is 4.27. The summed E-state index contributed by atoms with van der Waals surface area (Å²) in [5, 5.41) is 0. The van der Waals surface area contributed by atoms with Crippen molar-refractivity contribution in [2.45, 2.75) is 32.2 Å². The van der Waals surface area contributed by atoms with Gasteiger partial charge in [0.05, 0.1) is 0 Å². The van der Waals surface area contributed by atoms with Gasteiger partial charge in [0.2, 0.25) is 0 Å². The van der Waals surface area contributed by atoms with Gasteiger partial charge in [0, 0.05) is 10.5 Å². The van der Waals surface area contributed by atoms with Gasteiger partial charge in [-0.1, -0.05) is 35.7 Å². The van der Waals surface area contributed by atoms with E-state index < -0.39 is 0 Å². The first kappa shape index (κ1) is 11.7. The zero-order valence-electron chi connectivity index (χ0n) is 8.26. The summed E-state index contributed by atoms with van der Waals surface area (Å²) >= 11 is 3.38. The largest absolute Gasteiger partial charge is 0.324 e. The molecule has 0 fully saturated rings. The molecule has 1 nitrogen and oxygen atoms in total. The number of hydrogen-bond acceptors (Lipinski definition) is 1. The zero-order chi connectivity index (χ0) is 10.6. The fraction of sp³-hybridized carbons (Fsp3) is 0.455. The monoisotopic (exact) mass is 259 g/mol. The van der Waals surface area contributed by atoms with Gasteiger partial charge in [0.25, 0.3) is 0 Å². The molecule has 0 aliphatic carbocycles. The summed E-state index contributed by atoms with van der Waals surface area (Å²) in [6.45, 7) is 2.12. The molecule has 2 N–H and O–H groups in total. The van der Waals surface area contributed by atoms with Gasteiger partial charge in [-0.2, -0.15) is 0 Å². The minimum absolute atomic E-state index is 0.0694. The molecule has 0 heterocycles. The highest BCUT2D eigenvalue weighted by molar-refractivity contribution is 9.10. The van der Waals surface area contributed by atoms with Crippen LogP contribution in [-0.2, 0) is 0 Å². The first-order chi connectivity index (χ1) is 6.65. The van der Waals surface area contributed by atoms with Crippen molar-refractivity contribution in [1.29, 1.82) is 0 Å². The van der Waals surface area contributed by atoms with Crippen molar-refractivity contribution in [2.24, 2.45) is 5.73 Å². The van der Waals surface area contributed by atoms with Crippen LogP contribution in [0.25, 0.3) is 0 Å². The molecular weight excluding hydrogens is 245 g/mol. The molecule has 0 unspecified atom stereocenters. The quantitative estimate of drug-likeness (QED) is 0.875. The standard InChI is InChI=1S/C11H15BrFN/c1-2-3-4-11(14)9-7-8(13)5-6-10(9)12/h5-7,11H,2-4,14H2,1H3/t11-/m0/s1. The van der Waals surface area contributed by atoms with E-state index in [0.717, 1.165) is 29.3 Å². The predicted molar refractivity (Wildman–Crippen MR) is 60.6 cm³/mol. The fourth-order valence-corrected chi connectivity index (χ4v) is 1.92. The lowest BCUT2D eigenvalue weighted by atomic mass is 10.0. The molecule has 1 aromatic rings. The van der Waals surface area contributed by atoms with E-state index in [1.54, 1.807) is 6.07 Å². The van der Waals surface area contributed by atoms with Gasteiger partial charge in [-0.05, 0) is 30.2 Å². The summed E-state index contributed by atoms with van der Waals surface area (Å²) < 4.78 is 13.8. The van der Waals surface area contributed by atoms with Gasteiger partial charge in [0.15, 0.2) is 0 Å². The SMILES string of the molecule is CCCC[C@H](N)c1cc(F)ccc1Br. The topological polar surface area (TPSA) is 26.0 Å². The Balaban J connectivity index is 2.77. The second kappa shape index (κ2) is 5.47. The van der Waals surface area contributed by atoms with E-state index in [1.807, 2.05) is 0 Å². The summed E-state index contributed by atoms with van der Waals surface area (Å²) in [4.78, 5) is 0. The third-order valence-electron chi connectivity index (χ3n) is 2.23. The molecule has 0 aromatic heterocycles. The number of unbranched alkanes of at least 4 members (excludes halogenated alkanes) is 1. The first-order valence-corrected chi connectivity index (χ1v) is 5.65. The second-order valence-electron chi connectivity index (χ2n) is 3.41. The van der Waals surface area contributed by atoms with Crippen molar-refractivity contribution < 1.29 is 4.39 Å². The van der Waals surface area contributed by atoms with Crippen LogP contribution >= 0.6 is 15.9 Å². The van der Waals surface area contributed by atoms with Crippen molar-refractivity contribution in [1.82, 2.24) is 0 Å². The van der Waals surface area contributed by atoms with Gasteiger partial charge < -0.3 is 5.73 Å². The van der Waals surface area contributed by atoms with Crippen LogP contribution in [0.2, 0.25) is 0 Å².